The molecule has 0 bridgehead atoms. The Labute approximate surface area is 106 Å². The zero-order chi connectivity index (χ0) is 12.8. The number of para-hydroxylation sites is 1. The van der Waals surface area contributed by atoms with Crippen molar-refractivity contribution in [3.8, 4) is 5.75 Å². The standard InChI is InChI=1S/C14H15NO3/c1-9-6-10-4-3-5-11(13(16)17-2)12(10)18-14(9)7-15-8-14/h3-6,15H,7-8H2,1-2H3. The summed E-state index contributed by atoms with van der Waals surface area (Å²) in [6.07, 6.45) is 2.09. The van der Waals surface area contributed by atoms with E-state index in [1.165, 1.54) is 12.7 Å². The predicted octanol–water partition coefficient (Wildman–Crippen LogP) is 1.61. The Bertz CT molecular complexity index is 544. The van der Waals surface area contributed by atoms with E-state index in [1.807, 2.05) is 12.1 Å². The van der Waals surface area contributed by atoms with Crippen molar-refractivity contribution in [2.75, 3.05) is 20.2 Å². The van der Waals surface area contributed by atoms with E-state index in [4.69, 9.17) is 9.47 Å². The van der Waals surface area contributed by atoms with Gasteiger partial charge in [-0.25, -0.2) is 4.79 Å². The molecule has 0 atom stereocenters. The molecule has 1 spiro atoms. The van der Waals surface area contributed by atoms with Gasteiger partial charge in [0.2, 0.25) is 0 Å². The Morgan fingerprint density at radius 2 is 2.22 bits per heavy atom. The normalized spacial score (nSPS) is 19.3. The van der Waals surface area contributed by atoms with Crippen LogP contribution in [0.1, 0.15) is 22.8 Å². The minimum atomic E-state index is -0.359. The number of hydrogen-bond acceptors (Lipinski definition) is 4. The zero-order valence-corrected chi connectivity index (χ0v) is 10.4. The third kappa shape index (κ3) is 1.46. The molecule has 2 heterocycles. The minimum Gasteiger partial charge on any atom is -0.479 e. The Hall–Kier alpha value is -1.81. The fourth-order valence-electron chi connectivity index (χ4n) is 2.40. The van der Waals surface area contributed by atoms with Gasteiger partial charge < -0.3 is 14.8 Å². The third-order valence-electron chi connectivity index (χ3n) is 3.66. The van der Waals surface area contributed by atoms with Crippen LogP contribution in [0.15, 0.2) is 23.8 Å². The summed E-state index contributed by atoms with van der Waals surface area (Å²) in [6.45, 7) is 3.63. The SMILES string of the molecule is COC(=O)c1cccc2c1OC1(CNC1)C(C)=C2. The number of carbonyl (C=O) groups excluding carboxylic acids is 1. The lowest BCUT2D eigenvalue weighted by molar-refractivity contribution is 0.0440. The number of fused-ring (bicyclic) bond motifs is 1. The van der Waals surface area contributed by atoms with Crippen LogP contribution in [0.25, 0.3) is 6.08 Å². The number of nitrogens with one attached hydrogen (secondary N) is 1. The molecule has 1 N–H and O–H groups in total. The van der Waals surface area contributed by atoms with E-state index in [1.54, 1.807) is 6.07 Å². The van der Waals surface area contributed by atoms with Crippen molar-refractivity contribution in [1.82, 2.24) is 5.32 Å². The molecule has 4 nitrogen and oxygen atoms in total. The van der Waals surface area contributed by atoms with Gasteiger partial charge in [-0.1, -0.05) is 12.1 Å². The molecular formula is C14H15NO3. The molecule has 1 saturated heterocycles. The van der Waals surface area contributed by atoms with E-state index in [-0.39, 0.29) is 11.6 Å². The molecule has 0 unspecified atom stereocenters. The average molecular weight is 245 g/mol. The highest BCUT2D eigenvalue weighted by atomic mass is 16.5. The second-order valence-electron chi connectivity index (χ2n) is 4.74. The first-order valence-corrected chi connectivity index (χ1v) is 5.96. The number of rotatable bonds is 1. The van der Waals surface area contributed by atoms with Crippen LogP contribution in [0.3, 0.4) is 0 Å². The maximum absolute atomic E-state index is 11.7. The number of carbonyl (C=O) groups is 1. The van der Waals surface area contributed by atoms with Crippen LogP contribution < -0.4 is 10.1 Å². The largest absolute Gasteiger partial charge is 0.479 e. The van der Waals surface area contributed by atoms with E-state index < -0.39 is 0 Å². The van der Waals surface area contributed by atoms with Crippen molar-refractivity contribution >= 4 is 12.0 Å². The summed E-state index contributed by atoms with van der Waals surface area (Å²) >= 11 is 0. The number of hydrogen-bond donors (Lipinski definition) is 1. The lowest BCUT2D eigenvalue weighted by atomic mass is 9.84. The van der Waals surface area contributed by atoms with Gasteiger partial charge in [0.15, 0.2) is 5.60 Å². The van der Waals surface area contributed by atoms with Crippen LogP contribution in [0.2, 0.25) is 0 Å². The van der Waals surface area contributed by atoms with Gasteiger partial charge in [0.1, 0.15) is 11.3 Å². The molecule has 0 amide bonds. The predicted molar refractivity (Wildman–Crippen MR) is 67.7 cm³/mol. The summed E-state index contributed by atoms with van der Waals surface area (Å²) < 4.78 is 10.9. The quantitative estimate of drug-likeness (QED) is 0.764. The second kappa shape index (κ2) is 3.85. The fourth-order valence-corrected chi connectivity index (χ4v) is 2.40. The average Bonchev–Trinajstić information content (AvgIpc) is 2.34. The monoisotopic (exact) mass is 245 g/mol. The summed E-state index contributed by atoms with van der Waals surface area (Å²) in [4.78, 5) is 11.7. The zero-order valence-electron chi connectivity index (χ0n) is 10.4. The first-order chi connectivity index (χ1) is 8.66. The first-order valence-electron chi connectivity index (χ1n) is 5.96. The van der Waals surface area contributed by atoms with Gasteiger partial charge in [-0.15, -0.1) is 0 Å². The molecule has 0 radical (unpaired) electrons. The summed E-state index contributed by atoms with van der Waals surface area (Å²) in [6, 6.07) is 5.53. The smallest absolute Gasteiger partial charge is 0.341 e. The van der Waals surface area contributed by atoms with E-state index in [0.29, 0.717) is 11.3 Å². The van der Waals surface area contributed by atoms with Crippen molar-refractivity contribution in [2.24, 2.45) is 0 Å². The molecule has 1 fully saturated rings. The lowest BCUT2D eigenvalue weighted by Crippen LogP contribution is -2.64. The number of ether oxygens (including phenoxy) is 2. The maximum atomic E-state index is 11.7. The lowest BCUT2D eigenvalue weighted by Gasteiger charge is -2.46. The molecule has 0 saturated carbocycles. The Balaban J connectivity index is 2.10. The van der Waals surface area contributed by atoms with E-state index in [9.17, 15) is 4.79 Å². The number of esters is 1. The van der Waals surface area contributed by atoms with Crippen molar-refractivity contribution in [3.05, 3.63) is 34.9 Å². The highest BCUT2D eigenvalue weighted by molar-refractivity contribution is 5.94. The highest BCUT2D eigenvalue weighted by Crippen LogP contribution is 2.39. The molecule has 18 heavy (non-hydrogen) atoms. The van der Waals surface area contributed by atoms with Crippen molar-refractivity contribution in [1.29, 1.82) is 0 Å². The third-order valence-corrected chi connectivity index (χ3v) is 3.66. The van der Waals surface area contributed by atoms with Gasteiger partial charge in [0, 0.05) is 18.7 Å². The molecular weight excluding hydrogens is 230 g/mol. The van der Waals surface area contributed by atoms with Crippen LogP contribution in [-0.2, 0) is 4.74 Å². The summed E-state index contributed by atoms with van der Waals surface area (Å²) in [7, 11) is 1.38. The van der Waals surface area contributed by atoms with Gasteiger partial charge in [0.25, 0.3) is 0 Å². The van der Waals surface area contributed by atoms with Crippen LogP contribution in [0.4, 0.5) is 0 Å². The van der Waals surface area contributed by atoms with Crippen molar-refractivity contribution in [3.63, 3.8) is 0 Å². The van der Waals surface area contributed by atoms with Crippen molar-refractivity contribution < 1.29 is 14.3 Å². The van der Waals surface area contributed by atoms with Crippen LogP contribution >= 0.6 is 0 Å². The Kier molecular flexibility index (Phi) is 2.41. The summed E-state index contributed by atoms with van der Waals surface area (Å²) in [5.74, 6) is 0.277. The molecule has 94 valence electrons. The summed E-state index contributed by atoms with van der Waals surface area (Å²) in [5, 5.41) is 3.21. The van der Waals surface area contributed by atoms with Crippen LogP contribution in [0.5, 0.6) is 5.75 Å². The van der Waals surface area contributed by atoms with Gasteiger partial charge in [-0.05, 0) is 24.6 Å². The first kappa shape index (κ1) is 11.3. The molecule has 2 aliphatic rings. The van der Waals surface area contributed by atoms with E-state index >= 15 is 0 Å². The molecule has 4 heteroatoms. The van der Waals surface area contributed by atoms with Gasteiger partial charge >= 0.3 is 5.97 Å². The maximum Gasteiger partial charge on any atom is 0.341 e. The minimum absolute atomic E-state index is 0.281. The van der Waals surface area contributed by atoms with E-state index in [0.717, 1.165) is 18.7 Å². The Morgan fingerprint density at radius 1 is 1.44 bits per heavy atom. The molecule has 1 aromatic rings. The van der Waals surface area contributed by atoms with Crippen LogP contribution in [-0.4, -0.2) is 31.8 Å². The van der Waals surface area contributed by atoms with Gasteiger partial charge in [-0.2, -0.15) is 0 Å². The topological polar surface area (TPSA) is 47.6 Å². The highest BCUT2D eigenvalue weighted by Gasteiger charge is 2.44. The number of benzene rings is 1. The molecule has 0 aliphatic carbocycles. The second-order valence-corrected chi connectivity index (χ2v) is 4.74. The molecule has 1 aromatic carbocycles. The summed E-state index contributed by atoms with van der Waals surface area (Å²) in [5.41, 5.74) is 2.34. The van der Waals surface area contributed by atoms with Crippen LogP contribution in [0, 0.1) is 0 Å². The Morgan fingerprint density at radius 3 is 2.83 bits per heavy atom. The van der Waals surface area contributed by atoms with Crippen molar-refractivity contribution in [2.45, 2.75) is 12.5 Å². The number of methoxy groups -OCH3 is 1. The molecule has 2 aliphatic heterocycles. The fraction of sp³-hybridized carbons (Fsp3) is 0.357. The molecule has 3 rings (SSSR count). The van der Waals surface area contributed by atoms with Gasteiger partial charge in [-0.3, -0.25) is 0 Å². The van der Waals surface area contributed by atoms with E-state index in [2.05, 4.69) is 18.3 Å². The van der Waals surface area contributed by atoms with Gasteiger partial charge in [0.05, 0.1) is 7.11 Å². The molecule has 0 aromatic heterocycles.